The minimum Gasteiger partial charge on any atom is -0.465 e. The number of amides is 1. The number of esters is 2. The van der Waals surface area contributed by atoms with Gasteiger partial charge in [0.1, 0.15) is 19.2 Å². The zero-order valence-corrected chi connectivity index (χ0v) is 23.3. The van der Waals surface area contributed by atoms with Crippen molar-refractivity contribution in [3.8, 4) is 0 Å². The van der Waals surface area contributed by atoms with Crippen LogP contribution in [0.1, 0.15) is 42.5 Å². The lowest BCUT2D eigenvalue weighted by molar-refractivity contribution is -0.153. The summed E-state index contributed by atoms with van der Waals surface area (Å²) in [5.74, 6) is -1.10. The van der Waals surface area contributed by atoms with Gasteiger partial charge in [-0.25, -0.2) is 0 Å². The molecule has 0 bridgehead atoms. The van der Waals surface area contributed by atoms with E-state index in [2.05, 4.69) is 17.4 Å². The average Bonchev–Trinajstić information content (AvgIpc) is 3.41. The molecular formula is C33H38N2O5. The quantitative estimate of drug-likeness (QED) is 0.325. The molecule has 4 rings (SSSR count). The second kappa shape index (κ2) is 14.4. The van der Waals surface area contributed by atoms with Crippen LogP contribution in [-0.4, -0.2) is 54.0 Å². The van der Waals surface area contributed by atoms with E-state index in [-0.39, 0.29) is 37.7 Å². The van der Waals surface area contributed by atoms with E-state index in [1.54, 1.807) is 18.7 Å². The number of benzene rings is 3. The summed E-state index contributed by atoms with van der Waals surface area (Å²) in [6.07, 6.45) is 2.46. The van der Waals surface area contributed by atoms with Crippen molar-refractivity contribution in [2.75, 3.05) is 13.2 Å². The molecule has 0 saturated carbocycles. The van der Waals surface area contributed by atoms with Gasteiger partial charge in [-0.2, -0.15) is 0 Å². The lowest BCUT2D eigenvalue weighted by atomic mass is 10.0. The molecule has 3 aromatic carbocycles. The van der Waals surface area contributed by atoms with E-state index in [1.807, 2.05) is 72.8 Å². The summed E-state index contributed by atoms with van der Waals surface area (Å²) in [6, 6.07) is 25.9. The normalized spacial score (nSPS) is 14.2. The molecule has 1 aliphatic rings. The third kappa shape index (κ3) is 8.02. The maximum Gasteiger partial charge on any atom is 0.325 e. The molecule has 1 N–H and O–H groups in total. The Morgan fingerprint density at radius 2 is 1.43 bits per heavy atom. The predicted octanol–water partition coefficient (Wildman–Crippen LogP) is 4.27. The van der Waals surface area contributed by atoms with Crippen LogP contribution in [0.5, 0.6) is 0 Å². The van der Waals surface area contributed by atoms with Gasteiger partial charge in [-0.15, -0.1) is 0 Å². The first-order valence-corrected chi connectivity index (χ1v) is 14.0. The number of aryl methyl sites for hydroxylation is 1. The first-order valence-electron chi connectivity index (χ1n) is 14.0. The van der Waals surface area contributed by atoms with Gasteiger partial charge in [0.2, 0.25) is 5.91 Å². The van der Waals surface area contributed by atoms with Gasteiger partial charge in [-0.05, 0) is 61.8 Å². The Balaban J connectivity index is 1.46. The fourth-order valence-electron chi connectivity index (χ4n) is 5.16. The van der Waals surface area contributed by atoms with E-state index >= 15 is 0 Å². The second-order valence-corrected chi connectivity index (χ2v) is 10.2. The smallest absolute Gasteiger partial charge is 0.325 e. The maximum atomic E-state index is 13.9. The molecule has 0 aromatic heterocycles. The first kappa shape index (κ1) is 29.0. The molecule has 1 aliphatic carbocycles. The summed E-state index contributed by atoms with van der Waals surface area (Å²) >= 11 is 0. The highest BCUT2D eigenvalue weighted by Crippen LogP contribution is 2.26. The molecule has 0 unspecified atom stereocenters. The topological polar surface area (TPSA) is 84.9 Å². The van der Waals surface area contributed by atoms with Crippen LogP contribution >= 0.6 is 0 Å². The highest BCUT2D eigenvalue weighted by atomic mass is 16.5. The summed E-state index contributed by atoms with van der Waals surface area (Å²) < 4.78 is 10.9. The lowest BCUT2D eigenvalue weighted by Crippen LogP contribution is -2.55. The zero-order chi connectivity index (χ0) is 28.3. The Bertz CT molecular complexity index is 1240. The van der Waals surface area contributed by atoms with E-state index < -0.39 is 18.1 Å². The van der Waals surface area contributed by atoms with Gasteiger partial charge >= 0.3 is 11.9 Å². The number of carbonyl (C=O) groups is 3. The highest BCUT2D eigenvalue weighted by Gasteiger charge is 2.35. The average molecular weight is 543 g/mol. The number of nitrogens with one attached hydrogen (secondary N) is 1. The predicted molar refractivity (Wildman–Crippen MR) is 153 cm³/mol. The fourth-order valence-corrected chi connectivity index (χ4v) is 5.16. The number of carbonyl (C=O) groups excluding carboxylic acids is 3. The third-order valence-electron chi connectivity index (χ3n) is 7.25. The van der Waals surface area contributed by atoms with Gasteiger partial charge in [0.15, 0.2) is 0 Å². The molecule has 0 saturated heterocycles. The van der Waals surface area contributed by atoms with Crippen LogP contribution in [-0.2, 0) is 49.7 Å². The van der Waals surface area contributed by atoms with E-state index in [9.17, 15) is 14.4 Å². The van der Waals surface area contributed by atoms with E-state index in [0.29, 0.717) is 25.7 Å². The van der Waals surface area contributed by atoms with Crippen molar-refractivity contribution in [1.29, 1.82) is 0 Å². The monoisotopic (exact) mass is 542 g/mol. The molecule has 0 aliphatic heterocycles. The van der Waals surface area contributed by atoms with Crippen molar-refractivity contribution in [3.63, 3.8) is 0 Å². The summed E-state index contributed by atoms with van der Waals surface area (Å²) in [6.45, 7) is 3.74. The number of hydrogen-bond acceptors (Lipinski definition) is 6. The van der Waals surface area contributed by atoms with Crippen molar-refractivity contribution >= 4 is 17.8 Å². The van der Waals surface area contributed by atoms with Crippen molar-refractivity contribution < 1.29 is 23.9 Å². The van der Waals surface area contributed by atoms with Crippen LogP contribution in [0.2, 0.25) is 0 Å². The Hall–Kier alpha value is -3.97. The zero-order valence-electron chi connectivity index (χ0n) is 23.3. The molecule has 3 aromatic rings. The Kier molecular flexibility index (Phi) is 10.5. The molecule has 7 nitrogen and oxygen atoms in total. The highest BCUT2D eigenvalue weighted by molar-refractivity contribution is 5.87. The van der Waals surface area contributed by atoms with Crippen molar-refractivity contribution in [3.05, 3.63) is 107 Å². The summed E-state index contributed by atoms with van der Waals surface area (Å²) in [5.41, 5.74) is 4.34. The largest absolute Gasteiger partial charge is 0.465 e. The van der Waals surface area contributed by atoms with Gasteiger partial charge in [0.25, 0.3) is 0 Å². The van der Waals surface area contributed by atoms with Crippen LogP contribution in [0.25, 0.3) is 0 Å². The molecule has 0 spiro atoms. The number of rotatable bonds is 13. The SMILES string of the molecule is CCOC(=O)[C@H](CCc1ccccc1)N[C@@H](C)C(=O)N(CC(=O)OCc1ccccc1)C1Cc2ccccc2C1. The second-order valence-electron chi connectivity index (χ2n) is 10.2. The standard InChI is InChI=1S/C33H38N2O5/c1-3-39-33(38)30(19-18-25-12-6-4-7-13-25)34-24(2)32(37)35(29-20-27-16-10-11-17-28(27)21-29)22-31(36)40-23-26-14-8-5-9-15-26/h4-17,24,29-30,34H,3,18-23H2,1-2H3/t24-,30-/m0/s1. The van der Waals surface area contributed by atoms with Gasteiger partial charge in [-0.3, -0.25) is 19.7 Å². The number of ether oxygens (including phenoxy) is 2. The lowest BCUT2D eigenvalue weighted by Gasteiger charge is -2.32. The van der Waals surface area contributed by atoms with Crippen molar-refractivity contribution in [2.24, 2.45) is 0 Å². The molecule has 210 valence electrons. The van der Waals surface area contributed by atoms with E-state index in [4.69, 9.17) is 9.47 Å². The number of fused-ring (bicyclic) bond motifs is 1. The van der Waals surface area contributed by atoms with Gasteiger partial charge < -0.3 is 14.4 Å². The van der Waals surface area contributed by atoms with Crippen LogP contribution in [0.4, 0.5) is 0 Å². The fraction of sp³-hybridized carbons (Fsp3) is 0.364. The molecule has 0 heterocycles. The maximum absolute atomic E-state index is 13.9. The minimum atomic E-state index is -0.712. The Morgan fingerprint density at radius 3 is 2.02 bits per heavy atom. The van der Waals surface area contributed by atoms with Crippen LogP contribution < -0.4 is 5.32 Å². The Morgan fingerprint density at radius 1 is 0.850 bits per heavy atom. The van der Waals surface area contributed by atoms with E-state index in [0.717, 1.165) is 11.1 Å². The Labute approximate surface area is 236 Å². The molecule has 40 heavy (non-hydrogen) atoms. The molecule has 0 fully saturated rings. The number of hydrogen-bond donors (Lipinski definition) is 1. The van der Waals surface area contributed by atoms with Gasteiger partial charge in [0.05, 0.1) is 12.6 Å². The van der Waals surface area contributed by atoms with Crippen LogP contribution in [0.15, 0.2) is 84.9 Å². The summed E-state index contributed by atoms with van der Waals surface area (Å²) in [7, 11) is 0. The van der Waals surface area contributed by atoms with Crippen molar-refractivity contribution in [2.45, 2.75) is 64.3 Å². The summed E-state index contributed by atoms with van der Waals surface area (Å²) in [4.78, 5) is 41.3. The molecule has 0 radical (unpaired) electrons. The first-order chi connectivity index (χ1) is 19.4. The number of nitrogens with zero attached hydrogens (tertiary/aromatic N) is 1. The molecular weight excluding hydrogens is 504 g/mol. The minimum absolute atomic E-state index is 0.144. The van der Waals surface area contributed by atoms with Crippen molar-refractivity contribution in [1.82, 2.24) is 10.2 Å². The van der Waals surface area contributed by atoms with Crippen LogP contribution in [0, 0.1) is 0 Å². The molecule has 2 atom stereocenters. The van der Waals surface area contributed by atoms with Crippen LogP contribution in [0.3, 0.4) is 0 Å². The summed E-state index contributed by atoms with van der Waals surface area (Å²) in [5, 5.41) is 3.21. The molecule has 1 amide bonds. The van der Waals surface area contributed by atoms with E-state index in [1.165, 1.54) is 11.1 Å². The molecule has 7 heteroatoms. The van der Waals surface area contributed by atoms with Gasteiger partial charge in [-0.1, -0.05) is 84.9 Å². The van der Waals surface area contributed by atoms with Gasteiger partial charge in [0, 0.05) is 6.04 Å². The third-order valence-corrected chi connectivity index (χ3v) is 7.25.